The predicted octanol–water partition coefficient (Wildman–Crippen LogP) is 8.84. The average Bonchev–Trinajstić information content (AvgIpc) is 3.69. The largest absolute Gasteiger partial charge is 0.343 e. The van der Waals surface area contributed by atoms with Gasteiger partial charge in [0.05, 0.1) is 23.4 Å². The first kappa shape index (κ1) is 28.8. The maximum atomic E-state index is 6.89. The summed E-state index contributed by atoms with van der Waals surface area (Å²) in [7, 11) is 0. The van der Waals surface area contributed by atoms with E-state index < -0.39 is 0 Å². The van der Waals surface area contributed by atoms with E-state index in [1.807, 2.05) is 0 Å². The molecule has 14 atom stereocenters. The first-order valence-electron chi connectivity index (χ1n) is 17.8. The van der Waals surface area contributed by atoms with Gasteiger partial charge in [0.25, 0.3) is 0 Å². The second-order valence-electron chi connectivity index (χ2n) is 18.0. The zero-order valence-electron chi connectivity index (χ0n) is 27.8. The van der Waals surface area contributed by atoms with Gasteiger partial charge in [0.15, 0.2) is 12.6 Å². The van der Waals surface area contributed by atoms with Gasteiger partial charge in [0.1, 0.15) is 0 Å². The number of allylic oxidation sites excluding steroid dienone is 2. The Bertz CT molecular complexity index is 1170. The predicted molar refractivity (Wildman–Crippen MR) is 165 cm³/mol. The highest BCUT2D eigenvalue weighted by Gasteiger charge is 2.74. The van der Waals surface area contributed by atoms with E-state index in [9.17, 15) is 0 Å². The Morgan fingerprint density at radius 2 is 1.19 bits per heavy atom. The van der Waals surface area contributed by atoms with Crippen molar-refractivity contribution in [1.29, 1.82) is 0 Å². The summed E-state index contributed by atoms with van der Waals surface area (Å²) in [6, 6.07) is 0. The highest BCUT2D eigenvalue weighted by Crippen LogP contribution is 2.76. The molecule has 2 heterocycles. The van der Waals surface area contributed by atoms with E-state index in [-0.39, 0.29) is 36.0 Å². The second-order valence-corrected chi connectivity index (χ2v) is 18.0. The van der Waals surface area contributed by atoms with Crippen LogP contribution in [0, 0.1) is 57.2 Å². The van der Waals surface area contributed by atoms with Gasteiger partial charge >= 0.3 is 0 Å². The van der Waals surface area contributed by atoms with Crippen LogP contribution < -0.4 is 0 Å². The van der Waals surface area contributed by atoms with Gasteiger partial charge in [0.2, 0.25) is 0 Å². The molecule has 8 aliphatic rings. The standard InChI is InChI=1S/C38H58O4/c1-9-12-31-39-30-22-38-20-28(36(30,8)41-31)34(5,6)26(38)18-16-24(38)13-10-11-14-32-40-29-21-37-19-27(35(29,7)42-32)33(3,4)25(37)17-15-23(37)2/h9,11-12,14,23-32H,10,13,15-22H2,1-8H3/b12-9+,14-11+/t23-,24-,25+,26+,27-,28-,29+,30+,31-,32+,35-,36-,37-,38-/m1/s1. The smallest absolute Gasteiger partial charge is 0.178 e. The number of rotatable bonds is 5. The van der Waals surface area contributed by atoms with Gasteiger partial charge in [-0.1, -0.05) is 46.8 Å². The number of hydrogen-bond acceptors (Lipinski definition) is 4. The molecule has 2 spiro atoms. The molecule has 4 nitrogen and oxygen atoms in total. The van der Waals surface area contributed by atoms with Gasteiger partial charge in [-0.25, -0.2) is 0 Å². The molecule has 6 saturated carbocycles. The number of hydrogen-bond donors (Lipinski definition) is 0. The first-order chi connectivity index (χ1) is 19.8. The van der Waals surface area contributed by atoms with Gasteiger partial charge in [-0.15, -0.1) is 0 Å². The van der Waals surface area contributed by atoms with Gasteiger partial charge in [-0.05, 0) is 154 Å². The Balaban J connectivity index is 0.949. The van der Waals surface area contributed by atoms with E-state index in [4.69, 9.17) is 18.9 Å². The Hall–Kier alpha value is -0.680. The van der Waals surface area contributed by atoms with Crippen LogP contribution in [0.15, 0.2) is 24.3 Å². The molecule has 42 heavy (non-hydrogen) atoms. The summed E-state index contributed by atoms with van der Waals surface area (Å²) >= 11 is 0. The van der Waals surface area contributed by atoms with Gasteiger partial charge in [0, 0.05) is 0 Å². The lowest BCUT2D eigenvalue weighted by Gasteiger charge is -2.47. The van der Waals surface area contributed by atoms with Crippen molar-refractivity contribution < 1.29 is 18.9 Å². The molecular weight excluding hydrogens is 520 g/mol. The van der Waals surface area contributed by atoms with Gasteiger partial charge < -0.3 is 18.9 Å². The van der Waals surface area contributed by atoms with Crippen LogP contribution in [0.25, 0.3) is 0 Å². The molecule has 2 saturated heterocycles. The minimum atomic E-state index is -0.186. The van der Waals surface area contributed by atoms with Crippen molar-refractivity contribution >= 4 is 0 Å². The third-order valence-electron chi connectivity index (χ3n) is 16.1. The summed E-state index contributed by atoms with van der Waals surface area (Å²) in [5, 5.41) is 0. The first-order valence-corrected chi connectivity index (χ1v) is 17.8. The zero-order chi connectivity index (χ0) is 29.5. The lowest BCUT2D eigenvalue weighted by atomic mass is 9.61. The quantitative estimate of drug-likeness (QED) is 0.305. The van der Waals surface area contributed by atoms with E-state index in [1.54, 1.807) is 0 Å². The van der Waals surface area contributed by atoms with E-state index in [2.05, 4.69) is 79.7 Å². The number of fused-ring (bicyclic) bond motifs is 6. The SMILES string of the molecule is C/C=C/[C@@H]1O[C@H]2C[C@@]34C[C@H](C(C)(C)[C@@H]3CC[C@H]4CC/C=C/[C@H]3O[C@H]4C[C@@]56C[C@H](C(C)(C)[C@@H]5CC[C@H]6C)[C@@]4(C)O3)[C@@]2(C)O1. The monoisotopic (exact) mass is 578 g/mol. The van der Waals surface area contributed by atoms with Crippen molar-refractivity contribution in [2.24, 2.45) is 57.2 Å². The Labute approximate surface area is 255 Å². The third kappa shape index (κ3) is 3.45. The fourth-order valence-corrected chi connectivity index (χ4v) is 14.3. The summed E-state index contributed by atoms with van der Waals surface area (Å²) in [6.45, 7) is 19.5. The molecule has 0 N–H and O–H groups in total. The fourth-order valence-electron chi connectivity index (χ4n) is 14.3. The molecule has 8 fully saturated rings. The molecule has 0 amide bonds. The van der Waals surface area contributed by atoms with Crippen molar-refractivity contribution in [3.05, 3.63) is 24.3 Å². The molecule has 0 aromatic rings. The minimum Gasteiger partial charge on any atom is -0.343 e. The van der Waals surface area contributed by atoms with Gasteiger partial charge in [-0.3, -0.25) is 0 Å². The van der Waals surface area contributed by atoms with Crippen molar-refractivity contribution in [2.75, 3.05) is 0 Å². The van der Waals surface area contributed by atoms with Crippen LogP contribution >= 0.6 is 0 Å². The molecule has 2 aliphatic heterocycles. The van der Waals surface area contributed by atoms with Crippen LogP contribution in [0.2, 0.25) is 0 Å². The Morgan fingerprint density at radius 1 is 0.643 bits per heavy atom. The normalized spacial score (nSPS) is 58.1. The molecule has 4 heteroatoms. The molecule has 8 rings (SSSR count). The summed E-state index contributed by atoms with van der Waals surface area (Å²) in [6.07, 6.45) is 21.9. The van der Waals surface area contributed by atoms with Crippen LogP contribution in [-0.4, -0.2) is 36.0 Å². The number of ether oxygens (including phenoxy) is 4. The maximum Gasteiger partial charge on any atom is 0.178 e. The molecule has 0 aromatic carbocycles. The fraction of sp³-hybridized carbons (Fsp3) is 0.895. The van der Waals surface area contributed by atoms with Crippen molar-refractivity contribution in [3.8, 4) is 0 Å². The van der Waals surface area contributed by atoms with Crippen LogP contribution in [0.4, 0.5) is 0 Å². The molecule has 234 valence electrons. The Morgan fingerprint density at radius 3 is 1.83 bits per heavy atom. The lowest BCUT2D eigenvalue weighted by molar-refractivity contribution is -0.105. The maximum absolute atomic E-state index is 6.89. The molecule has 4 bridgehead atoms. The minimum absolute atomic E-state index is 0.154. The topological polar surface area (TPSA) is 36.9 Å². The molecule has 6 aliphatic carbocycles. The van der Waals surface area contributed by atoms with Crippen LogP contribution in [0.3, 0.4) is 0 Å². The lowest BCUT2D eigenvalue weighted by Crippen LogP contribution is -2.52. The van der Waals surface area contributed by atoms with Gasteiger partial charge in [-0.2, -0.15) is 0 Å². The molecule has 0 radical (unpaired) electrons. The van der Waals surface area contributed by atoms with E-state index in [0.29, 0.717) is 33.5 Å². The van der Waals surface area contributed by atoms with Crippen LogP contribution in [0.5, 0.6) is 0 Å². The van der Waals surface area contributed by atoms with Crippen LogP contribution in [-0.2, 0) is 18.9 Å². The molecule has 0 aromatic heterocycles. The van der Waals surface area contributed by atoms with E-state index in [0.717, 1.165) is 30.1 Å². The summed E-state index contributed by atoms with van der Waals surface area (Å²) in [5.41, 5.74) is 1.19. The molecule has 0 unspecified atom stereocenters. The summed E-state index contributed by atoms with van der Waals surface area (Å²) < 4.78 is 26.9. The van der Waals surface area contributed by atoms with E-state index >= 15 is 0 Å². The second kappa shape index (κ2) is 8.98. The Kier molecular flexibility index (Phi) is 6.15. The zero-order valence-corrected chi connectivity index (χ0v) is 27.8. The summed E-state index contributed by atoms with van der Waals surface area (Å²) in [5.74, 6) is 4.35. The highest BCUT2D eigenvalue weighted by atomic mass is 16.7. The van der Waals surface area contributed by atoms with Crippen molar-refractivity contribution in [1.82, 2.24) is 0 Å². The highest BCUT2D eigenvalue weighted by molar-refractivity contribution is 5.23. The molecular formula is C38H58O4. The summed E-state index contributed by atoms with van der Waals surface area (Å²) in [4.78, 5) is 0. The van der Waals surface area contributed by atoms with E-state index in [1.165, 1.54) is 57.8 Å². The average molecular weight is 579 g/mol. The van der Waals surface area contributed by atoms with Crippen molar-refractivity contribution in [2.45, 2.75) is 156 Å². The van der Waals surface area contributed by atoms with Crippen LogP contribution in [0.1, 0.15) is 120 Å². The third-order valence-corrected chi connectivity index (χ3v) is 16.1. The van der Waals surface area contributed by atoms with Crippen molar-refractivity contribution in [3.63, 3.8) is 0 Å².